The standard InChI is InChI=1S/C47H25N3O2/c1-3-10-27(11-4-1)45-48-46(28-12-5-2-6-13-28)50-47(49-45)34-25-30-15-8-7-14-29(30)24-33(34)31-20-23-38-44-40(31)32-16-9-17-35-41(32)42-36(51-35)21-18-26-19-22-37(52-38)43(44)39(26)42/h1-25H. The van der Waals surface area contributed by atoms with Crippen LogP contribution < -0.4 is 0 Å². The molecule has 5 nitrogen and oxygen atoms in total. The number of nitrogens with zero attached hydrogens (tertiary/aromatic N) is 3. The molecule has 0 saturated carbocycles. The Labute approximate surface area is 296 Å². The van der Waals surface area contributed by atoms with E-state index in [4.69, 9.17) is 23.8 Å². The van der Waals surface area contributed by atoms with Crippen LogP contribution in [0.25, 0.3) is 122 Å². The van der Waals surface area contributed by atoms with E-state index >= 15 is 0 Å². The van der Waals surface area contributed by atoms with Crippen molar-refractivity contribution >= 4 is 65.4 Å². The largest absolute Gasteiger partial charge is 0.456 e. The first-order valence-electron chi connectivity index (χ1n) is 17.4. The van der Waals surface area contributed by atoms with Crippen LogP contribution in [-0.2, 0) is 0 Å². The summed E-state index contributed by atoms with van der Waals surface area (Å²) in [5.41, 5.74) is 10.6. The first-order valence-corrected chi connectivity index (χ1v) is 17.4. The van der Waals surface area contributed by atoms with Crippen molar-refractivity contribution in [2.75, 3.05) is 0 Å². The van der Waals surface area contributed by atoms with Gasteiger partial charge in [-0.15, -0.1) is 0 Å². The highest BCUT2D eigenvalue weighted by Gasteiger charge is 2.28. The maximum absolute atomic E-state index is 6.63. The monoisotopic (exact) mass is 663 g/mol. The zero-order chi connectivity index (χ0) is 33.9. The summed E-state index contributed by atoms with van der Waals surface area (Å²) in [7, 11) is 0. The number of benzene rings is 8. The topological polar surface area (TPSA) is 65.0 Å². The third-order valence-corrected chi connectivity index (χ3v) is 10.6. The van der Waals surface area contributed by atoms with E-state index in [9.17, 15) is 0 Å². The minimum absolute atomic E-state index is 0.612. The van der Waals surface area contributed by atoms with Crippen molar-refractivity contribution in [3.05, 3.63) is 152 Å². The van der Waals surface area contributed by atoms with E-state index in [2.05, 4.69) is 91.0 Å². The molecule has 8 aromatic carbocycles. The fourth-order valence-electron chi connectivity index (χ4n) is 8.36. The summed E-state index contributed by atoms with van der Waals surface area (Å²) in [4.78, 5) is 15.4. The van der Waals surface area contributed by atoms with E-state index in [0.717, 1.165) is 99.0 Å². The second kappa shape index (κ2) is 10.2. The van der Waals surface area contributed by atoms with Crippen molar-refractivity contribution in [1.29, 1.82) is 0 Å². The number of rotatable bonds is 4. The number of fused-ring (bicyclic) bond motifs is 2. The minimum atomic E-state index is 0.612. The highest BCUT2D eigenvalue weighted by Crippen LogP contribution is 2.53. The maximum Gasteiger partial charge on any atom is 0.164 e. The Balaban J connectivity index is 1.23. The summed E-state index contributed by atoms with van der Waals surface area (Å²) in [6.07, 6.45) is 0. The highest BCUT2D eigenvalue weighted by molar-refractivity contribution is 6.37. The number of hydrogen-bond donors (Lipinski definition) is 0. The van der Waals surface area contributed by atoms with Gasteiger partial charge in [0, 0.05) is 49.2 Å². The molecule has 3 heterocycles. The molecule has 0 radical (unpaired) electrons. The molecule has 0 amide bonds. The van der Waals surface area contributed by atoms with E-state index in [1.165, 1.54) is 5.39 Å². The Morgan fingerprint density at radius 3 is 1.52 bits per heavy atom. The first kappa shape index (κ1) is 27.7. The molecule has 0 bridgehead atoms. The molecular formula is C47H25N3O2. The lowest BCUT2D eigenvalue weighted by Crippen LogP contribution is -2.01. The molecule has 0 atom stereocenters. The average molecular weight is 664 g/mol. The molecule has 0 unspecified atom stereocenters. The van der Waals surface area contributed by atoms with Gasteiger partial charge in [-0.2, -0.15) is 0 Å². The predicted octanol–water partition coefficient (Wildman–Crippen LogP) is 12.6. The minimum Gasteiger partial charge on any atom is -0.456 e. The lowest BCUT2D eigenvalue weighted by atomic mass is 9.87. The lowest BCUT2D eigenvalue weighted by molar-refractivity contribution is 0.669. The summed E-state index contributed by atoms with van der Waals surface area (Å²) in [5.74, 6) is 1.86. The van der Waals surface area contributed by atoms with Crippen molar-refractivity contribution in [2.45, 2.75) is 0 Å². The van der Waals surface area contributed by atoms with Gasteiger partial charge < -0.3 is 8.83 Å². The van der Waals surface area contributed by atoms with Crippen molar-refractivity contribution in [1.82, 2.24) is 15.0 Å². The van der Waals surface area contributed by atoms with Gasteiger partial charge >= 0.3 is 0 Å². The van der Waals surface area contributed by atoms with Crippen LogP contribution in [0.15, 0.2) is 160 Å². The maximum atomic E-state index is 6.63. The molecule has 0 N–H and O–H groups in total. The summed E-state index contributed by atoms with van der Waals surface area (Å²) >= 11 is 0. The first-order chi connectivity index (χ1) is 25.8. The van der Waals surface area contributed by atoms with Gasteiger partial charge in [0.2, 0.25) is 0 Å². The molecule has 1 aliphatic rings. The van der Waals surface area contributed by atoms with E-state index in [-0.39, 0.29) is 0 Å². The molecule has 3 aromatic heterocycles. The zero-order valence-corrected chi connectivity index (χ0v) is 27.6. The molecule has 0 fully saturated rings. The van der Waals surface area contributed by atoms with Crippen LogP contribution in [0.4, 0.5) is 0 Å². The van der Waals surface area contributed by atoms with Gasteiger partial charge in [-0.25, -0.2) is 15.0 Å². The lowest BCUT2D eigenvalue weighted by Gasteiger charge is -2.17. The highest BCUT2D eigenvalue weighted by atomic mass is 16.3. The number of furan rings is 2. The second-order valence-electron chi connectivity index (χ2n) is 13.5. The summed E-state index contributed by atoms with van der Waals surface area (Å²) in [6, 6.07) is 52.5. The SMILES string of the molecule is c1ccc(-c2nc(-c3ccccc3)nc(-c3cc4ccccc4cc3-c3ccc4oc5ccc6ccc7oc8cccc9c8c7c6c5c4c3-9)n2)cc1. The Morgan fingerprint density at radius 2 is 0.846 bits per heavy atom. The fourth-order valence-corrected chi connectivity index (χ4v) is 8.36. The van der Waals surface area contributed by atoms with Crippen molar-refractivity contribution < 1.29 is 8.83 Å². The average Bonchev–Trinajstić information content (AvgIpc) is 3.75. The van der Waals surface area contributed by atoms with Crippen LogP contribution in [0.3, 0.4) is 0 Å². The van der Waals surface area contributed by atoms with Crippen molar-refractivity contribution in [3.8, 4) is 56.4 Å². The van der Waals surface area contributed by atoms with Gasteiger partial charge in [0.15, 0.2) is 17.5 Å². The molecule has 1 aliphatic carbocycles. The van der Waals surface area contributed by atoms with Crippen LogP contribution in [0, 0.1) is 0 Å². The van der Waals surface area contributed by atoms with Crippen LogP contribution >= 0.6 is 0 Å². The normalized spacial score (nSPS) is 12.2. The van der Waals surface area contributed by atoms with Gasteiger partial charge in [-0.3, -0.25) is 0 Å². The summed E-state index contributed by atoms with van der Waals surface area (Å²) < 4.78 is 13.2. The van der Waals surface area contributed by atoms with Gasteiger partial charge in [0.1, 0.15) is 22.3 Å². The molecule has 52 heavy (non-hydrogen) atoms. The third-order valence-electron chi connectivity index (χ3n) is 10.6. The third kappa shape index (κ3) is 3.79. The van der Waals surface area contributed by atoms with E-state index in [1.54, 1.807) is 0 Å². The quantitative estimate of drug-likeness (QED) is 0.187. The van der Waals surface area contributed by atoms with Crippen LogP contribution in [0.2, 0.25) is 0 Å². The molecule has 240 valence electrons. The van der Waals surface area contributed by atoms with E-state index in [1.807, 2.05) is 60.7 Å². The number of hydrogen-bond acceptors (Lipinski definition) is 5. The number of aromatic nitrogens is 3. The Bertz CT molecular complexity index is 3220. The summed E-state index contributed by atoms with van der Waals surface area (Å²) in [6.45, 7) is 0. The van der Waals surface area contributed by atoms with Crippen molar-refractivity contribution in [3.63, 3.8) is 0 Å². The Morgan fingerprint density at radius 1 is 0.308 bits per heavy atom. The van der Waals surface area contributed by atoms with E-state index in [0.29, 0.717) is 17.5 Å². The van der Waals surface area contributed by atoms with Crippen LogP contribution in [0.5, 0.6) is 0 Å². The predicted molar refractivity (Wildman–Crippen MR) is 210 cm³/mol. The molecule has 12 rings (SSSR count). The van der Waals surface area contributed by atoms with Crippen molar-refractivity contribution in [2.24, 2.45) is 0 Å². The Kier molecular flexibility index (Phi) is 5.44. The molecule has 0 saturated heterocycles. The smallest absolute Gasteiger partial charge is 0.164 e. The van der Waals surface area contributed by atoms with Crippen LogP contribution in [0.1, 0.15) is 0 Å². The molecule has 0 aliphatic heterocycles. The van der Waals surface area contributed by atoms with Gasteiger partial charge in [0.05, 0.1) is 0 Å². The Hall–Kier alpha value is -7.11. The fraction of sp³-hybridized carbons (Fsp3) is 0. The second-order valence-corrected chi connectivity index (χ2v) is 13.5. The van der Waals surface area contributed by atoms with E-state index < -0.39 is 0 Å². The molecule has 5 heteroatoms. The van der Waals surface area contributed by atoms with Gasteiger partial charge in [-0.1, -0.05) is 109 Å². The van der Waals surface area contributed by atoms with Crippen LogP contribution in [-0.4, -0.2) is 15.0 Å². The summed E-state index contributed by atoms with van der Waals surface area (Å²) in [5, 5.41) is 9.07. The molecular weight excluding hydrogens is 639 g/mol. The molecule has 11 aromatic rings. The zero-order valence-electron chi connectivity index (χ0n) is 27.6. The van der Waals surface area contributed by atoms with Gasteiger partial charge in [-0.05, 0) is 75.3 Å². The molecule has 0 spiro atoms. The van der Waals surface area contributed by atoms with Gasteiger partial charge in [0.25, 0.3) is 0 Å².